The van der Waals surface area contributed by atoms with Crippen molar-refractivity contribution in [3.05, 3.63) is 34.3 Å². The zero-order chi connectivity index (χ0) is 13.7. The number of rotatable bonds is 5. The van der Waals surface area contributed by atoms with Crippen molar-refractivity contribution in [3.8, 4) is 0 Å². The number of piperidine rings is 1. The lowest BCUT2D eigenvalue weighted by Crippen LogP contribution is -2.38. The summed E-state index contributed by atoms with van der Waals surface area (Å²) in [5.74, 6) is 0. The normalized spacial score (nSPS) is 19.5. The van der Waals surface area contributed by atoms with Crippen molar-refractivity contribution in [2.75, 3.05) is 26.7 Å². The molecule has 0 radical (unpaired) electrons. The number of ether oxygens (including phenoxy) is 1. The second-order valence-corrected chi connectivity index (χ2v) is 6.14. The highest BCUT2D eigenvalue weighted by Crippen LogP contribution is 2.20. The van der Waals surface area contributed by atoms with E-state index >= 15 is 0 Å². The fourth-order valence-electron chi connectivity index (χ4n) is 2.59. The van der Waals surface area contributed by atoms with E-state index in [4.69, 9.17) is 10.5 Å². The molecule has 1 aliphatic heterocycles. The summed E-state index contributed by atoms with van der Waals surface area (Å²) >= 11 is 3.49. The van der Waals surface area contributed by atoms with Gasteiger partial charge in [-0.15, -0.1) is 0 Å². The zero-order valence-corrected chi connectivity index (χ0v) is 13.1. The van der Waals surface area contributed by atoms with Crippen molar-refractivity contribution in [3.63, 3.8) is 0 Å². The predicted octanol–water partition coefficient (Wildman–Crippen LogP) is 2.95. The molecule has 1 atom stereocenters. The summed E-state index contributed by atoms with van der Waals surface area (Å²) in [6, 6.07) is 8.42. The van der Waals surface area contributed by atoms with Gasteiger partial charge in [0.2, 0.25) is 0 Å². The molecule has 1 aromatic rings. The smallest absolute Gasteiger partial charge is 0.0595 e. The highest BCUT2D eigenvalue weighted by Gasteiger charge is 2.19. The fourth-order valence-corrected chi connectivity index (χ4v) is 3.01. The van der Waals surface area contributed by atoms with Crippen LogP contribution in [0, 0.1) is 0 Å². The molecule has 0 bridgehead atoms. The third-order valence-corrected chi connectivity index (χ3v) is 4.39. The van der Waals surface area contributed by atoms with Gasteiger partial charge in [-0.3, -0.25) is 0 Å². The SMILES string of the molecule is COC1CCN(CCC(N)c2cccc(Br)c2)CC1. The van der Waals surface area contributed by atoms with Crippen LogP contribution >= 0.6 is 15.9 Å². The van der Waals surface area contributed by atoms with Crippen LogP contribution in [0.15, 0.2) is 28.7 Å². The summed E-state index contributed by atoms with van der Waals surface area (Å²) in [4.78, 5) is 2.49. The lowest BCUT2D eigenvalue weighted by Gasteiger charge is -2.31. The van der Waals surface area contributed by atoms with E-state index in [1.165, 1.54) is 5.56 Å². The predicted molar refractivity (Wildman–Crippen MR) is 82.2 cm³/mol. The Morgan fingerprint density at radius 1 is 1.42 bits per heavy atom. The van der Waals surface area contributed by atoms with Crippen LogP contribution < -0.4 is 5.73 Å². The molecule has 19 heavy (non-hydrogen) atoms. The van der Waals surface area contributed by atoms with Gasteiger partial charge < -0.3 is 15.4 Å². The Balaban J connectivity index is 1.76. The van der Waals surface area contributed by atoms with Gasteiger partial charge in [-0.2, -0.15) is 0 Å². The van der Waals surface area contributed by atoms with Gasteiger partial charge in [-0.25, -0.2) is 0 Å². The van der Waals surface area contributed by atoms with Crippen LogP contribution in [0.4, 0.5) is 0 Å². The number of methoxy groups -OCH3 is 1. The molecule has 0 aromatic heterocycles. The minimum Gasteiger partial charge on any atom is -0.381 e. The Hall–Kier alpha value is -0.420. The zero-order valence-electron chi connectivity index (χ0n) is 11.5. The van der Waals surface area contributed by atoms with E-state index in [0.717, 1.165) is 43.4 Å². The van der Waals surface area contributed by atoms with Crippen LogP contribution in [0.3, 0.4) is 0 Å². The van der Waals surface area contributed by atoms with E-state index in [2.05, 4.69) is 33.0 Å². The third kappa shape index (κ3) is 4.56. The maximum Gasteiger partial charge on any atom is 0.0595 e. The first kappa shape index (κ1) is 15.0. The molecule has 1 saturated heterocycles. The number of hydrogen-bond acceptors (Lipinski definition) is 3. The second-order valence-electron chi connectivity index (χ2n) is 5.23. The number of likely N-dealkylation sites (tertiary alicyclic amines) is 1. The average molecular weight is 327 g/mol. The maximum absolute atomic E-state index is 6.26. The number of benzene rings is 1. The second kappa shape index (κ2) is 7.39. The Bertz CT molecular complexity index is 391. The third-order valence-electron chi connectivity index (χ3n) is 3.90. The quantitative estimate of drug-likeness (QED) is 0.904. The Labute approximate surface area is 124 Å². The van der Waals surface area contributed by atoms with Crippen molar-refractivity contribution >= 4 is 15.9 Å². The molecule has 0 aliphatic carbocycles. The van der Waals surface area contributed by atoms with Gasteiger partial charge in [0.1, 0.15) is 0 Å². The molecule has 0 amide bonds. The van der Waals surface area contributed by atoms with Gasteiger partial charge in [-0.1, -0.05) is 28.1 Å². The summed E-state index contributed by atoms with van der Waals surface area (Å²) in [6.07, 6.45) is 3.74. The first-order valence-corrected chi connectivity index (χ1v) is 7.74. The minimum absolute atomic E-state index is 0.123. The summed E-state index contributed by atoms with van der Waals surface area (Å²) < 4.78 is 6.49. The molecule has 3 nitrogen and oxygen atoms in total. The summed E-state index contributed by atoms with van der Waals surface area (Å²) in [5.41, 5.74) is 7.47. The van der Waals surface area contributed by atoms with Crippen LogP contribution in [-0.2, 0) is 4.74 Å². The summed E-state index contributed by atoms with van der Waals surface area (Å²) in [6.45, 7) is 3.33. The van der Waals surface area contributed by atoms with Crippen LogP contribution in [-0.4, -0.2) is 37.7 Å². The number of nitrogens with zero attached hydrogens (tertiary/aromatic N) is 1. The Morgan fingerprint density at radius 3 is 2.79 bits per heavy atom. The standard InChI is InChI=1S/C15H23BrN2O/c1-19-14-5-8-18(9-6-14)10-7-15(17)12-3-2-4-13(16)11-12/h2-4,11,14-15H,5-10,17H2,1H3. The van der Waals surface area contributed by atoms with Crippen LogP contribution in [0.1, 0.15) is 30.9 Å². The molecule has 4 heteroatoms. The minimum atomic E-state index is 0.123. The van der Waals surface area contributed by atoms with Crippen molar-refractivity contribution in [1.29, 1.82) is 0 Å². The topological polar surface area (TPSA) is 38.5 Å². The molecule has 0 spiro atoms. The van der Waals surface area contributed by atoms with Gasteiger partial charge in [0.15, 0.2) is 0 Å². The molecular formula is C15H23BrN2O. The highest BCUT2D eigenvalue weighted by molar-refractivity contribution is 9.10. The van der Waals surface area contributed by atoms with Gasteiger partial charge >= 0.3 is 0 Å². The molecule has 0 saturated carbocycles. The van der Waals surface area contributed by atoms with Crippen LogP contribution in [0.5, 0.6) is 0 Å². The molecule has 1 fully saturated rings. The number of hydrogen-bond donors (Lipinski definition) is 1. The van der Waals surface area contributed by atoms with Crippen molar-refractivity contribution < 1.29 is 4.74 Å². The lowest BCUT2D eigenvalue weighted by molar-refractivity contribution is 0.0404. The lowest BCUT2D eigenvalue weighted by atomic mass is 10.0. The van der Waals surface area contributed by atoms with E-state index in [1.807, 2.05) is 19.2 Å². The van der Waals surface area contributed by atoms with Crippen LogP contribution in [0.25, 0.3) is 0 Å². The monoisotopic (exact) mass is 326 g/mol. The van der Waals surface area contributed by atoms with Crippen molar-refractivity contribution in [2.45, 2.75) is 31.4 Å². The first-order chi connectivity index (χ1) is 9.19. The van der Waals surface area contributed by atoms with Gasteiger partial charge in [0, 0.05) is 30.7 Å². The van der Waals surface area contributed by atoms with Gasteiger partial charge in [-0.05, 0) is 43.5 Å². The summed E-state index contributed by atoms with van der Waals surface area (Å²) in [5, 5.41) is 0. The Kier molecular flexibility index (Phi) is 5.82. The Morgan fingerprint density at radius 2 is 2.16 bits per heavy atom. The molecule has 106 valence electrons. The molecule has 1 unspecified atom stereocenters. The highest BCUT2D eigenvalue weighted by atomic mass is 79.9. The molecular weight excluding hydrogens is 304 g/mol. The van der Waals surface area contributed by atoms with E-state index in [-0.39, 0.29) is 6.04 Å². The van der Waals surface area contributed by atoms with Crippen LogP contribution in [0.2, 0.25) is 0 Å². The van der Waals surface area contributed by atoms with Gasteiger partial charge in [0.05, 0.1) is 6.10 Å². The fraction of sp³-hybridized carbons (Fsp3) is 0.600. The summed E-state index contributed by atoms with van der Waals surface area (Å²) in [7, 11) is 1.81. The molecule has 1 heterocycles. The van der Waals surface area contributed by atoms with Crippen molar-refractivity contribution in [2.24, 2.45) is 5.73 Å². The first-order valence-electron chi connectivity index (χ1n) is 6.95. The number of halogens is 1. The number of nitrogens with two attached hydrogens (primary N) is 1. The van der Waals surface area contributed by atoms with E-state index in [9.17, 15) is 0 Å². The molecule has 1 aliphatic rings. The van der Waals surface area contributed by atoms with Crippen molar-refractivity contribution in [1.82, 2.24) is 4.90 Å². The molecule has 2 rings (SSSR count). The largest absolute Gasteiger partial charge is 0.381 e. The van der Waals surface area contributed by atoms with E-state index in [1.54, 1.807) is 0 Å². The van der Waals surface area contributed by atoms with E-state index in [0.29, 0.717) is 6.10 Å². The van der Waals surface area contributed by atoms with E-state index < -0.39 is 0 Å². The average Bonchev–Trinajstić information content (AvgIpc) is 2.45. The molecule has 2 N–H and O–H groups in total. The maximum atomic E-state index is 6.26. The van der Waals surface area contributed by atoms with Gasteiger partial charge in [0.25, 0.3) is 0 Å². The molecule has 1 aromatic carbocycles.